The summed E-state index contributed by atoms with van der Waals surface area (Å²) in [6, 6.07) is -1.63. The Morgan fingerprint density at radius 2 is 2.05 bits per heavy atom. The van der Waals surface area contributed by atoms with Gasteiger partial charge in [-0.05, 0) is 5.92 Å². The van der Waals surface area contributed by atoms with Gasteiger partial charge in [0, 0.05) is 13.0 Å². The molecule has 1 heterocycles. The predicted octanol–water partition coefficient (Wildman–Crippen LogP) is -0.846. The number of imide groups is 1. The number of nitrogens with zero attached hydrogens (tertiary/aromatic N) is 1. The Morgan fingerprint density at radius 1 is 1.42 bits per heavy atom. The predicted molar refractivity (Wildman–Crippen MR) is 64.1 cm³/mol. The Balaban J connectivity index is 2.53. The van der Waals surface area contributed by atoms with E-state index in [2.05, 4.69) is 10.6 Å². The fourth-order valence-corrected chi connectivity index (χ4v) is 1.66. The van der Waals surface area contributed by atoms with Crippen molar-refractivity contribution in [3.05, 3.63) is 0 Å². The molecule has 0 aliphatic carbocycles. The van der Waals surface area contributed by atoms with Crippen LogP contribution < -0.4 is 10.6 Å². The van der Waals surface area contributed by atoms with E-state index in [-0.39, 0.29) is 31.3 Å². The molecule has 0 unspecified atom stereocenters. The normalized spacial score (nSPS) is 17.1. The monoisotopic (exact) mass is 271 g/mol. The fraction of sp³-hybridized carbons (Fsp3) is 0.636. The van der Waals surface area contributed by atoms with Crippen LogP contribution in [0.5, 0.6) is 0 Å². The minimum Gasteiger partial charge on any atom is -0.480 e. The van der Waals surface area contributed by atoms with Gasteiger partial charge in [0.1, 0.15) is 12.6 Å². The number of hydrogen-bond donors (Lipinski definition) is 3. The van der Waals surface area contributed by atoms with Gasteiger partial charge < -0.3 is 15.3 Å². The third-order valence-electron chi connectivity index (χ3n) is 2.73. The van der Waals surface area contributed by atoms with E-state index in [4.69, 9.17) is 5.11 Å². The number of carbonyl (C=O) groups excluding carboxylic acids is 3. The van der Waals surface area contributed by atoms with Crippen LogP contribution in [0.1, 0.15) is 20.3 Å². The first-order chi connectivity index (χ1) is 8.81. The summed E-state index contributed by atoms with van der Waals surface area (Å²) in [5, 5.41) is 13.4. The molecule has 4 amide bonds. The smallest absolute Gasteiger partial charge is 0.326 e. The van der Waals surface area contributed by atoms with Crippen molar-refractivity contribution in [1.29, 1.82) is 0 Å². The largest absolute Gasteiger partial charge is 0.480 e. The van der Waals surface area contributed by atoms with Gasteiger partial charge >= 0.3 is 12.0 Å². The van der Waals surface area contributed by atoms with Crippen LogP contribution in [0.25, 0.3) is 0 Å². The summed E-state index contributed by atoms with van der Waals surface area (Å²) >= 11 is 0. The minimum atomic E-state index is -1.12. The second kappa shape index (κ2) is 6.17. The molecule has 0 radical (unpaired) electrons. The fourth-order valence-electron chi connectivity index (χ4n) is 1.66. The highest BCUT2D eigenvalue weighted by atomic mass is 16.4. The number of rotatable bonds is 5. The molecule has 19 heavy (non-hydrogen) atoms. The lowest BCUT2D eigenvalue weighted by Gasteiger charge is -2.27. The summed E-state index contributed by atoms with van der Waals surface area (Å²) in [6.07, 6.45) is 0.131. The van der Waals surface area contributed by atoms with Crippen molar-refractivity contribution in [1.82, 2.24) is 15.5 Å². The van der Waals surface area contributed by atoms with Gasteiger partial charge in [-0.25, -0.2) is 9.59 Å². The summed E-state index contributed by atoms with van der Waals surface area (Å²) < 4.78 is 0. The van der Waals surface area contributed by atoms with Gasteiger partial charge in [-0.2, -0.15) is 0 Å². The second-order valence-electron chi connectivity index (χ2n) is 4.65. The highest BCUT2D eigenvalue weighted by Gasteiger charge is 2.27. The third-order valence-corrected chi connectivity index (χ3v) is 2.73. The van der Waals surface area contributed by atoms with Gasteiger partial charge in [-0.15, -0.1) is 0 Å². The molecule has 1 rings (SSSR count). The Morgan fingerprint density at radius 3 is 2.53 bits per heavy atom. The van der Waals surface area contributed by atoms with Crippen molar-refractivity contribution in [2.24, 2.45) is 5.92 Å². The SMILES string of the molecule is CC(C)[C@@H](NC(=O)CN1CCC(=O)NC1=O)C(=O)O. The maximum absolute atomic E-state index is 11.7. The Bertz CT molecular complexity index is 407. The number of nitrogens with one attached hydrogen (secondary N) is 2. The van der Waals surface area contributed by atoms with E-state index in [1.165, 1.54) is 0 Å². The summed E-state index contributed by atoms with van der Waals surface area (Å²) in [5.74, 6) is -2.34. The average Bonchev–Trinajstić information content (AvgIpc) is 2.29. The Kier molecular flexibility index (Phi) is 4.85. The second-order valence-corrected chi connectivity index (χ2v) is 4.65. The molecule has 1 atom stereocenters. The first-order valence-electron chi connectivity index (χ1n) is 5.92. The van der Waals surface area contributed by atoms with Crippen LogP contribution in [0, 0.1) is 5.92 Å². The molecule has 1 saturated heterocycles. The van der Waals surface area contributed by atoms with Crippen LogP contribution in [0.3, 0.4) is 0 Å². The Labute approximate surface area is 110 Å². The van der Waals surface area contributed by atoms with E-state index in [0.29, 0.717) is 0 Å². The zero-order valence-electron chi connectivity index (χ0n) is 10.8. The molecule has 8 heteroatoms. The molecule has 3 N–H and O–H groups in total. The maximum Gasteiger partial charge on any atom is 0.326 e. The van der Waals surface area contributed by atoms with Gasteiger partial charge in [-0.3, -0.25) is 14.9 Å². The maximum atomic E-state index is 11.7. The van der Waals surface area contributed by atoms with Crippen molar-refractivity contribution < 1.29 is 24.3 Å². The van der Waals surface area contributed by atoms with Crippen LogP contribution in [-0.2, 0) is 14.4 Å². The number of amides is 4. The number of carbonyl (C=O) groups is 4. The van der Waals surface area contributed by atoms with Crippen molar-refractivity contribution in [3.63, 3.8) is 0 Å². The number of urea groups is 1. The van der Waals surface area contributed by atoms with Crippen molar-refractivity contribution in [3.8, 4) is 0 Å². The molecule has 1 aliphatic heterocycles. The average molecular weight is 271 g/mol. The number of hydrogen-bond acceptors (Lipinski definition) is 4. The van der Waals surface area contributed by atoms with Crippen LogP contribution in [0.4, 0.5) is 4.79 Å². The van der Waals surface area contributed by atoms with Gasteiger partial charge in [-0.1, -0.05) is 13.8 Å². The van der Waals surface area contributed by atoms with Crippen molar-refractivity contribution >= 4 is 23.8 Å². The lowest BCUT2D eigenvalue weighted by Crippen LogP contribution is -2.54. The molecular formula is C11H17N3O5. The molecule has 1 fully saturated rings. The lowest BCUT2D eigenvalue weighted by atomic mass is 10.0. The first-order valence-corrected chi connectivity index (χ1v) is 5.92. The van der Waals surface area contributed by atoms with Gasteiger partial charge in [0.2, 0.25) is 11.8 Å². The molecule has 0 bridgehead atoms. The third kappa shape index (κ3) is 4.23. The molecule has 0 aromatic rings. The molecule has 0 aromatic heterocycles. The Hall–Kier alpha value is -2.12. The van der Waals surface area contributed by atoms with E-state index in [1.54, 1.807) is 13.8 Å². The summed E-state index contributed by atoms with van der Waals surface area (Å²) in [4.78, 5) is 46.1. The molecule has 0 spiro atoms. The van der Waals surface area contributed by atoms with Crippen LogP contribution in [-0.4, -0.2) is 53.0 Å². The molecular weight excluding hydrogens is 254 g/mol. The van der Waals surface area contributed by atoms with Crippen LogP contribution in [0.15, 0.2) is 0 Å². The lowest BCUT2D eigenvalue weighted by molar-refractivity contribution is -0.143. The van der Waals surface area contributed by atoms with E-state index >= 15 is 0 Å². The summed E-state index contributed by atoms with van der Waals surface area (Å²) in [6.45, 7) is 3.23. The van der Waals surface area contributed by atoms with Gasteiger partial charge in [0.25, 0.3) is 0 Å². The quantitative estimate of drug-likeness (QED) is 0.602. The summed E-state index contributed by atoms with van der Waals surface area (Å²) in [5.41, 5.74) is 0. The standard InChI is InChI=1S/C11H17N3O5/c1-6(2)9(10(17)18)12-8(16)5-14-4-3-7(15)13-11(14)19/h6,9H,3-5H2,1-2H3,(H,12,16)(H,17,18)(H,13,15,19)/t9-/m1/s1. The molecule has 8 nitrogen and oxygen atoms in total. The first kappa shape index (κ1) is 14.9. The van der Waals surface area contributed by atoms with Crippen LogP contribution >= 0.6 is 0 Å². The van der Waals surface area contributed by atoms with E-state index in [9.17, 15) is 19.2 Å². The minimum absolute atomic E-state index is 0.131. The number of carboxylic acid groups (broad SMARTS) is 1. The molecule has 106 valence electrons. The molecule has 0 saturated carbocycles. The number of carboxylic acids is 1. The van der Waals surface area contributed by atoms with Gasteiger partial charge in [0.05, 0.1) is 0 Å². The zero-order chi connectivity index (χ0) is 14.6. The van der Waals surface area contributed by atoms with E-state index < -0.39 is 23.9 Å². The number of aliphatic carboxylic acids is 1. The molecule has 1 aliphatic rings. The van der Waals surface area contributed by atoms with E-state index in [0.717, 1.165) is 4.90 Å². The topological polar surface area (TPSA) is 116 Å². The van der Waals surface area contributed by atoms with Crippen LogP contribution in [0.2, 0.25) is 0 Å². The highest BCUT2D eigenvalue weighted by molar-refractivity contribution is 5.98. The van der Waals surface area contributed by atoms with Crippen molar-refractivity contribution in [2.45, 2.75) is 26.3 Å². The highest BCUT2D eigenvalue weighted by Crippen LogP contribution is 2.03. The van der Waals surface area contributed by atoms with Crippen molar-refractivity contribution in [2.75, 3.05) is 13.1 Å². The summed E-state index contributed by atoms with van der Waals surface area (Å²) in [7, 11) is 0. The molecule has 0 aromatic carbocycles. The zero-order valence-corrected chi connectivity index (χ0v) is 10.8. The van der Waals surface area contributed by atoms with Gasteiger partial charge in [0.15, 0.2) is 0 Å². The van der Waals surface area contributed by atoms with E-state index in [1.807, 2.05) is 0 Å².